The summed E-state index contributed by atoms with van der Waals surface area (Å²) in [7, 11) is 0. The number of carbonyl (C=O) groups is 1. The molecule has 0 spiro atoms. The number of nitrogens with two attached hydrogens (primary N) is 1. The molecule has 3 heterocycles. The van der Waals surface area contributed by atoms with Gasteiger partial charge in [0.05, 0.1) is 29.7 Å². The topological polar surface area (TPSA) is 87.9 Å². The molecule has 24 heavy (non-hydrogen) atoms. The molecule has 3 aromatic rings. The number of H-pyrrole nitrogens is 1. The predicted molar refractivity (Wildman–Crippen MR) is 89.0 cm³/mol. The second-order valence-electron chi connectivity index (χ2n) is 5.57. The number of nitrogens with zero attached hydrogens (tertiary/aromatic N) is 3. The Kier molecular flexibility index (Phi) is 3.53. The maximum atomic E-state index is 13.5. The van der Waals surface area contributed by atoms with Crippen molar-refractivity contribution in [3.8, 4) is 11.3 Å². The zero-order valence-corrected chi connectivity index (χ0v) is 13.4. The number of thiazole rings is 1. The summed E-state index contributed by atoms with van der Waals surface area (Å²) in [5.41, 5.74) is 8.26. The van der Waals surface area contributed by atoms with Gasteiger partial charge in [-0.15, -0.1) is 11.3 Å². The third-order valence-electron chi connectivity index (χ3n) is 4.02. The van der Waals surface area contributed by atoms with E-state index in [9.17, 15) is 9.18 Å². The molecule has 1 aromatic carbocycles. The van der Waals surface area contributed by atoms with Gasteiger partial charge in [-0.05, 0) is 12.1 Å². The van der Waals surface area contributed by atoms with Gasteiger partial charge in [0.15, 0.2) is 5.13 Å². The SMILES string of the molecule is Nc1nc2c(s1)CN(C(=O)c1cn[nH]c1-c1cccc(F)c1)CC2. The van der Waals surface area contributed by atoms with Crippen molar-refractivity contribution < 1.29 is 9.18 Å². The van der Waals surface area contributed by atoms with Crippen LogP contribution in [0.4, 0.5) is 9.52 Å². The lowest BCUT2D eigenvalue weighted by Crippen LogP contribution is -2.35. The number of nitrogen functional groups attached to an aromatic ring is 1. The molecule has 0 unspecified atom stereocenters. The Labute approximate surface area is 141 Å². The zero-order chi connectivity index (χ0) is 16.7. The van der Waals surface area contributed by atoms with Crippen LogP contribution in [-0.4, -0.2) is 32.5 Å². The second kappa shape index (κ2) is 5.72. The summed E-state index contributed by atoms with van der Waals surface area (Å²) in [6.07, 6.45) is 2.17. The minimum atomic E-state index is -0.358. The smallest absolute Gasteiger partial charge is 0.258 e. The minimum absolute atomic E-state index is 0.138. The van der Waals surface area contributed by atoms with Crippen LogP contribution in [0.2, 0.25) is 0 Å². The maximum absolute atomic E-state index is 13.5. The van der Waals surface area contributed by atoms with Crippen molar-refractivity contribution in [1.29, 1.82) is 0 Å². The summed E-state index contributed by atoms with van der Waals surface area (Å²) in [4.78, 5) is 19.9. The molecular weight excluding hydrogens is 329 g/mol. The van der Waals surface area contributed by atoms with Gasteiger partial charge in [-0.25, -0.2) is 9.37 Å². The highest BCUT2D eigenvalue weighted by Crippen LogP contribution is 2.29. The number of anilines is 1. The van der Waals surface area contributed by atoms with Gasteiger partial charge in [-0.3, -0.25) is 9.89 Å². The van der Waals surface area contributed by atoms with Crippen molar-refractivity contribution in [2.75, 3.05) is 12.3 Å². The number of aromatic amines is 1. The number of fused-ring (bicyclic) bond motifs is 1. The standard InChI is InChI=1S/C16H14FN5OS/c17-10-3-1-2-9(6-10)14-11(7-19-21-14)15(23)22-5-4-12-13(8-22)24-16(18)20-12/h1-3,6-7H,4-5,8H2,(H2,18,20)(H,19,21). The van der Waals surface area contributed by atoms with Gasteiger partial charge in [0.1, 0.15) is 5.82 Å². The molecule has 1 amide bonds. The summed E-state index contributed by atoms with van der Waals surface area (Å²) in [6.45, 7) is 1.06. The van der Waals surface area contributed by atoms with Crippen LogP contribution >= 0.6 is 11.3 Å². The van der Waals surface area contributed by atoms with Gasteiger partial charge in [-0.1, -0.05) is 12.1 Å². The van der Waals surface area contributed by atoms with Gasteiger partial charge < -0.3 is 10.6 Å². The average molecular weight is 343 g/mol. The van der Waals surface area contributed by atoms with Crippen LogP contribution in [0.5, 0.6) is 0 Å². The fourth-order valence-electron chi connectivity index (χ4n) is 2.87. The van der Waals surface area contributed by atoms with Gasteiger partial charge in [0, 0.05) is 23.4 Å². The number of halogens is 1. The number of nitrogens with one attached hydrogen (secondary N) is 1. The summed E-state index contributed by atoms with van der Waals surface area (Å²) in [5, 5.41) is 7.29. The zero-order valence-electron chi connectivity index (χ0n) is 12.6. The molecule has 122 valence electrons. The summed E-state index contributed by atoms with van der Waals surface area (Å²) < 4.78 is 13.5. The molecule has 2 aromatic heterocycles. The molecule has 1 aliphatic rings. The normalized spacial score (nSPS) is 13.8. The Morgan fingerprint density at radius 2 is 2.29 bits per heavy atom. The Bertz CT molecular complexity index is 919. The van der Waals surface area contributed by atoms with Crippen molar-refractivity contribution in [3.63, 3.8) is 0 Å². The third-order valence-corrected chi connectivity index (χ3v) is 4.93. The van der Waals surface area contributed by atoms with Crippen LogP contribution in [0.1, 0.15) is 20.9 Å². The van der Waals surface area contributed by atoms with E-state index in [1.54, 1.807) is 17.0 Å². The number of rotatable bonds is 2. The molecule has 0 saturated carbocycles. The molecule has 0 bridgehead atoms. The van der Waals surface area contributed by atoms with Gasteiger partial charge >= 0.3 is 0 Å². The first-order valence-corrected chi connectivity index (χ1v) is 8.26. The molecule has 8 heteroatoms. The lowest BCUT2D eigenvalue weighted by molar-refractivity contribution is 0.0737. The van der Waals surface area contributed by atoms with Gasteiger partial charge in [0.25, 0.3) is 5.91 Å². The van der Waals surface area contributed by atoms with E-state index in [4.69, 9.17) is 5.73 Å². The summed E-state index contributed by atoms with van der Waals surface area (Å²) in [6, 6.07) is 6.09. The Hall–Kier alpha value is -2.74. The molecule has 0 atom stereocenters. The van der Waals surface area contributed by atoms with Crippen molar-refractivity contribution >= 4 is 22.4 Å². The summed E-state index contributed by atoms with van der Waals surface area (Å²) in [5.74, 6) is -0.496. The van der Waals surface area contributed by atoms with Crippen LogP contribution < -0.4 is 5.73 Å². The summed E-state index contributed by atoms with van der Waals surface area (Å²) >= 11 is 1.41. The fourth-order valence-corrected chi connectivity index (χ4v) is 3.77. The van der Waals surface area contributed by atoms with E-state index in [1.165, 1.54) is 29.7 Å². The first-order chi connectivity index (χ1) is 11.6. The highest BCUT2D eigenvalue weighted by atomic mass is 32.1. The average Bonchev–Trinajstić information content (AvgIpc) is 3.18. The van der Waals surface area contributed by atoms with Crippen LogP contribution in [-0.2, 0) is 13.0 Å². The molecule has 6 nitrogen and oxygen atoms in total. The number of hydrogen-bond donors (Lipinski definition) is 2. The van der Waals surface area contributed by atoms with Crippen LogP contribution in [0.15, 0.2) is 30.5 Å². The number of benzene rings is 1. The van der Waals surface area contributed by atoms with Crippen LogP contribution in [0, 0.1) is 5.82 Å². The highest BCUT2D eigenvalue weighted by Gasteiger charge is 2.27. The monoisotopic (exact) mass is 343 g/mol. The number of aromatic nitrogens is 3. The lowest BCUT2D eigenvalue weighted by Gasteiger charge is -2.26. The van der Waals surface area contributed by atoms with Crippen LogP contribution in [0.3, 0.4) is 0 Å². The fraction of sp³-hybridized carbons (Fsp3) is 0.188. The molecule has 0 saturated heterocycles. The quantitative estimate of drug-likeness (QED) is 0.748. The van der Waals surface area contributed by atoms with Crippen molar-refractivity contribution in [2.45, 2.75) is 13.0 Å². The van der Waals surface area contributed by atoms with Crippen molar-refractivity contribution in [1.82, 2.24) is 20.1 Å². The molecule has 0 aliphatic carbocycles. The number of carbonyl (C=O) groups excluding carboxylic acids is 1. The van der Waals surface area contributed by atoms with Crippen molar-refractivity contribution in [2.24, 2.45) is 0 Å². The van der Waals surface area contributed by atoms with E-state index in [-0.39, 0.29) is 11.7 Å². The first kappa shape index (κ1) is 14.8. The van der Waals surface area contributed by atoms with E-state index in [1.807, 2.05) is 0 Å². The van der Waals surface area contributed by atoms with E-state index in [2.05, 4.69) is 15.2 Å². The molecule has 4 rings (SSSR count). The van der Waals surface area contributed by atoms with E-state index in [0.29, 0.717) is 41.5 Å². The first-order valence-electron chi connectivity index (χ1n) is 7.44. The van der Waals surface area contributed by atoms with Crippen molar-refractivity contribution in [3.05, 3.63) is 52.4 Å². The lowest BCUT2D eigenvalue weighted by atomic mass is 10.1. The van der Waals surface area contributed by atoms with E-state index in [0.717, 1.165) is 10.6 Å². The predicted octanol–water partition coefficient (Wildman–Crippen LogP) is 2.45. The maximum Gasteiger partial charge on any atom is 0.258 e. The Morgan fingerprint density at radius 3 is 3.12 bits per heavy atom. The molecule has 0 radical (unpaired) electrons. The third kappa shape index (κ3) is 2.54. The molecular formula is C16H14FN5OS. The number of amides is 1. The van der Waals surface area contributed by atoms with Crippen LogP contribution in [0.25, 0.3) is 11.3 Å². The largest absolute Gasteiger partial charge is 0.375 e. The molecule has 1 aliphatic heterocycles. The second-order valence-corrected chi connectivity index (χ2v) is 6.68. The molecule has 0 fully saturated rings. The Morgan fingerprint density at radius 1 is 1.42 bits per heavy atom. The van der Waals surface area contributed by atoms with Gasteiger partial charge in [-0.2, -0.15) is 5.10 Å². The van der Waals surface area contributed by atoms with E-state index < -0.39 is 0 Å². The van der Waals surface area contributed by atoms with Gasteiger partial charge in [0.2, 0.25) is 0 Å². The highest BCUT2D eigenvalue weighted by molar-refractivity contribution is 7.15. The van der Waals surface area contributed by atoms with E-state index >= 15 is 0 Å². The minimum Gasteiger partial charge on any atom is -0.375 e. The Balaban J connectivity index is 1.63. The number of hydrogen-bond acceptors (Lipinski definition) is 5. The molecule has 3 N–H and O–H groups in total.